The minimum absolute atomic E-state index is 0.0144. The highest BCUT2D eigenvalue weighted by atomic mass is 19.4. The third kappa shape index (κ3) is 1.80. The van der Waals surface area contributed by atoms with Gasteiger partial charge in [0.05, 0.1) is 5.92 Å². The summed E-state index contributed by atoms with van der Waals surface area (Å²) in [6.45, 7) is -0.363. The van der Waals surface area contributed by atoms with E-state index in [1.54, 1.807) is 0 Å². The van der Waals surface area contributed by atoms with Crippen LogP contribution in [0.25, 0.3) is 0 Å². The Labute approximate surface area is 67.3 Å². The van der Waals surface area contributed by atoms with Crippen molar-refractivity contribution in [3.63, 3.8) is 0 Å². The highest BCUT2D eigenvalue weighted by Crippen LogP contribution is 2.32. The summed E-state index contributed by atoms with van der Waals surface area (Å²) < 4.78 is 36.0. The molecule has 1 heterocycles. The summed E-state index contributed by atoms with van der Waals surface area (Å²) in [6, 6.07) is -0.807. The van der Waals surface area contributed by atoms with Gasteiger partial charge in [0.1, 0.15) is 0 Å². The van der Waals surface area contributed by atoms with Crippen LogP contribution in [-0.4, -0.2) is 30.2 Å². The molecular weight excluding hydrogens is 173 g/mol. The zero-order valence-electron chi connectivity index (χ0n) is 6.14. The lowest BCUT2D eigenvalue weighted by Crippen LogP contribution is -2.35. The van der Waals surface area contributed by atoms with Crippen molar-refractivity contribution < 1.29 is 18.0 Å². The van der Waals surface area contributed by atoms with E-state index in [0.717, 1.165) is 11.3 Å². The number of hydrogen-bond donors (Lipinski definition) is 1. The van der Waals surface area contributed by atoms with Crippen LogP contribution in [0.4, 0.5) is 18.0 Å². The number of alkyl halides is 3. The number of hydrogen-bond acceptors (Lipinski definition) is 1. The summed E-state index contributed by atoms with van der Waals surface area (Å²) in [4.78, 5) is 11.4. The molecule has 3 nitrogen and oxygen atoms in total. The predicted octanol–water partition coefficient (Wildman–Crippen LogP) is 0.763. The predicted molar refractivity (Wildman–Crippen MR) is 35.0 cm³/mol. The summed E-state index contributed by atoms with van der Waals surface area (Å²) in [5.41, 5.74) is 4.80. The third-order valence-corrected chi connectivity index (χ3v) is 1.76. The number of carbonyl (C=O) groups excluding carboxylic acids is 1. The molecule has 1 unspecified atom stereocenters. The van der Waals surface area contributed by atoms with Crippen molar-refractivity contribution in [1.29, 1.82) is 0 Å². The first-order valence-electron chi connectivity index (χ1n) is 3.35. The molecule has 1 rings (SSSR count). The van der Waals surface area contributed by atoms with Gasteiger partial charge in [0, 0.05) is 13.1 Å². The molecule has 0 aliphatic carbocycles. The normalized spacial score (nSPS) is 24.6. The van der Waals surface area contributed by atoms with E-state index < -0.39 is 18.1 Å². The highest BCUT2D eigenvalue weighted by Gasteiger charge is 2.44. The fourth-order valence-corrected chi connectivity index (χ4v) is 1.06. The average Bonchev–Trinajstić information content (AvgIpc) is 2.30. The average molecular weight is 181 g/mol. The van der Waals surface area contributed by atoms with E-state index in [1.807, 2.05) is 0 Å². The summed E-state index contributed by atoms with van der Waals surface area (Å²) in [5, 5.41) is 0. The lowest BCUT2D eigenvalue weighted by atomic mass is 10.1. The maximum Gasteiger partial charge on any atom is 0.393 e. The molecule has 1 aliphatic rings. The number of rotatable bonds is 0. The van der Waals surface area contributed by atoms with Crippen molar-refractivity contribution in [3.05, 3.63) is 6.42 Å². The Balaban J connectivity index is 2.51. The topological polar surface area (TPSA) is 46.3 Å². The molecule has 1 aliphatic heterocycles. The second-order valence-electron chi connectivity index (χ2n) is 2.63. The van der Waals surface area contributed by atoms with E-state index in [0.29, 0.717) is 0 Å². The number of carbonyl (C=O) groups is 1. The number of urea groups is 1. The molecule has 0 bridgehead atoms. The Hall–Kier alpha value is -0.940. The Bertz CT molecular complexity index is 192. The molecule has 1 fully saturated rings. The van der Waals surface area contributed by atoms with Gasteiger partial charge in [-0.2, -0.15) is 13.2 Å². The Morgan fingerprint density at radius 1 is 1.58 bits per heavy atom. The summed E-state index contributed by atoms with van der Waals surface area (Å²) in [5.74, 6) is -1.52. The molecule has 2 amide bonds. The van der Waals surface area contributed by atoms with E-state index in [1.165, 1.54) is 0 Å². The van der Waals surface area contributed by atoms with Crippen molar-refractivity contribution in [2.75, 3.05) is 13.1 Å². The van der Waals surface area contributed by atoms with Crippen LogP contribution in [0.1, 0.15) is 0 Å². The monoisotopic (exact) mass is 181 g/mol. The van der Waals surface area contributed by atoms with Crippen LogP contribution in [0, 0.1) is 12.3 Å². The first kappa shape index (κ1) is 9.15. The Morgan fingerprint density at radius 2 is 2.17 bits per heavy atom. The van der Waals surface area contributed by atoms with Crippen molar-refractivity contribution in [2.45, 2.75) is 6.18 Å². The highest BCUT2D eigenvalue weighted by molar-refractivity contribution is 5.72. The second-order valence-corrected chi connectivity index (χ2v) is 2.63. The number of nitrogens with two attached hydrogens (primary N) is 1. The Kier molecular flexibility index (Phi) is 2.16. The second kappa shape index (κ2) is 2.84. The summed E-state index contributed by atoms with van der Waals surface area (Å²) in [6.07, 6.45) is -3.21. The van der Waals surface area contributed by atoms with Gasteiger partial charge in [0.25, 0.3) is 0 Å². The van der Waals surface area contributed by atoms with E-state index in [-0.39, 0.29) is 13.1 Å². The first-order valence-corrected chi connectivity index (χ1v) is 3.35. The van der Waals surface area contributed by atoms with Crippen LogP contribution < -0.4 is 5.73 Å². The van der Waals surface area contributed by atoms with Crippen LogP contribution in [0.15, 0.2) is 0 Å². The van der Waals surface area contributed by atoms with Crippen LogP contribution >= 0.6 is 0 Å². The third-order valence-electron chi connectivity index (χ3n) is 1.76. The number of amides is 2. The molecule has 0 aromatic rings. The van der Waals surface area contributed by atoms with Crippen molar-refractivity contribution in [1.82, 2.24) is 4.90 Å². The van der Waals surface area contributed by atoms with Crippen LogP contribution in [0.3, 0.4) is 0 Å². The maximum atomic E-state index is 12.0. The quantitative estimate of drug-likeness (QED) is 0.589. The molecule has 6 heteroatoms. The van der Waals surface area contributed by atoms with Crippen molar-refractivity contribution in [3.8, 4) is 0 Å². The molecule has 1 saturated heterocycles. The number of likely N-dealkylation sites (tertiary alicyclic amines) is 1. The lowest BCUT2D eigenvalue weighted by Gasteiger charge is -2.15. The minimum atomic E-state index is -4.26. The van der Waals surface area contributed by atoms with Gasteiger partial charge in [0.15, 0.2) is 0 Å². The molecule has 0 aromatic carbocycles. The van der Waals surface area contributed by atoms with Gasteiger partial charge in [-0.25, -0.2) is 4.79 Å². The molecule has 1 radical (unpaired) electrons. The van der Waals surface area contributed by atoms with Gasteiger partial charge in [-0.05, 0) is 6.42 Å². The SMILES string of the molecule is NC(=O)N1C[CH]C(C(F)(F)F)C1. The fourth-order valence-electron chi connectivity index (χ4n) is 1.06. The lowest BCUT2D eigenvalue weighted by molar-refractivity contribution is -0.161. The largest absolute Gasteiger partial charge is 0.393 e. The zero-order chi connectivity index (χ0) is 9.35. The van der Waals surface area contributed by atoms with Gasteiger partial charge in [-0.1, -0.05) is 0 Å². The summed E-state index contributed by atoms with van der Waals surface area (Å²) >= 11 is 0. The number of primary amides is 1. The molecular formula is C6H8F3N2O. The van der Waals surface area contributed by atoms with Crippen LogP contribution in [-0.2, 0) is 0 Å². The standard InChI is InChI=1S/C6H8F3N2O/c7-6(8,9)4-1-2-11(3-4)5(10)12/h1,4H,2-3H2,(H2,10,12). The van der Waals surface area contributed by atoms with E-state index >= 15 is 0 Å². The molecule has 0 aromatic heterocycles. The van der Waals surface area contributed by atoms with Crippen molar-refractivity contribution >= 4 is 6.03 Å². The van der Waals surface area contributed by atoms with Gasteiger partial charge >= 0.3 is 12.2 Å². The first-order chi connectivity index (χ1) is 5.41. The number of halogens is 3. The molecule has 0 spiro atoms. The molecule has 12 heavy (non-hydrogen) atoms. The molecule has 0 saturated carbocycles. The van der Waals surface area contributed by atoms with E-state index in [9.17, 15) is 18.0 Å². The van der Waals surface area contributed by atoms with Gasteiger partial charge in [0.2, 0.25) is 0 Å². The zero-order valence-corrected chi connectivity index (χ0v) is 6.14. The molecule has 69 valence electrons. The van der Waals surface area contributed by atoms with Gasteiger partial charge in [-0.3, -0.25) is 0 Å². The van der Waals surface area contributed by atoms with E-state index in [2.05, 4.69) is 0 Å². The minimum Gasteiger partial charge on any atom is -0.351 e. The van der Waals surface area contributed by atoms with E-state index in [4.69, 9.17) is 5.73 Å². The maximum absolute atomic E-state index is 12.0. The Morgan fingerprint density at radius 3 is 2.42 bits per heavy atom. The summed E-state index contributed by atoms with van der Waals surface area (Å²) in [7, 11) is 0. The fraction of sp³-hybridized carbons (Fsp3) is 0.667. The van der Waals surface area contributed by atoms with Gasteiger partial charge < -0.3 is 10.6 Å². The van der Waals surface area contributed by atoms with Crippen LogP contribution in [0.2, 0.25) is 0 Å². The number of nitrogens with zero attached hydrogens (tertiary/aromatic N) is 1. The smallest absolute Gasteiger partial charge is 0.351 e. The van der Waals surface area contributed by atoms with Crippen LogP contribution in [0.5, 0.6) is 0 Å². The molecule has 1 atom stereocenters. The van der Waals surface area contributed by atoms with Gasteiger partial charge in [-0.15, -0.1) is 0 Å². The van der Waals surface area contributed by atoms with Crippen molar-refractivity contribution in [2.24, 2.45) is 11.7 Å². The molecule has 2 N–H and O–H groups in total.